The molecule has 0 bridgehead atoms. The minimum atomic E-state index is -0.603. The summed E-state index contributed by atoms with van der Waals surface area (Å²) in [5.74, 6) is -0.430. The third-order valence-corrected chi connectivity index (χ3v) is 6.33. The number of aromatic nitrogens is 2. The molecule has 1 atom stereocenters. The molecule has 3 rings (SSSR count). The summed E-state index contributed by atoms with van der Waals surface area (Å²) in [6.45, 7) is 7.75. The number of urea groups is 1. The summed E-state index contributed by atoms with van der Waals surface area (Å²) in [6, 6.07) is 6.71. The van der Waals surface area contributed by atoms with E-state index in [1.165, 1.54) is 30.2 Å². The number of carbonyl (C=O) groups excluding carboxylic acids is 2. The summed E-state index contributed by atoms with van der Waals surface area (Å²) in [5.41, 5.74) is 1.42. The van der Waals surface area contributed by atoms with Crippen LogP contribution < -0.4 is 16.2 Å². The van der Waals surface area contributed by atoms with E-state index < -0.39 is 22.7 Å². The molecular weight excluding hydrogens is 424 g/mol. The molecule has 7 nitrogen and oxygen atoms in total. The van der Waals surface area contributed by atoms with Crippen molar-refractivity contribution < 1.29 is 9.59 Å². The first-order chi connectivity index (χ1) is 15.1. The zero-order chi connectivity index (χ0) is 23.3. The van der Waals surface area contributed by atoms with Crippen molar-refractivity contribution in [2.45, 2.75) is 82.3 Å². The number of carbonyl (C=O) groups is 2. The van der Waals surface area contributed by atoms with Gasteiger partial charge in [-0.1, -0.05) is 35.5 Å². The van der Waals surface area contributed by atoms with Gasteiger partial charge in [-0.25, -0.2) is 9.78 Å². The molecule has 32 heavy (non-hydrogen) atoms. The molecule has 0 fully saturated rings. The second-order valence-corrected chi connectivity index (χ2v) is 10.5. The molecule has 172 valence electrons. The largest absolute Gasteiger partial charge is 0.333 e. The van der Waals surface area contributed by atoms with Crippen LogP contribution in [0.15, 0.2) is 45.9 Å². The molecule has 1 aliphatic rings. The fraction of sp³-hybridized carbons (Fsp3) is 0.500. The molecule has 2 N–H and O–H groups in total. The lowest BCUT2D eigenvalue weighted by Crippen LogP contribution is -2.49. The third kappa shape index (κ3) is 6.45. The Hall–Kier alpha value is -2.61. The summed E-state index contributed by atoms with van der Waals surface area (Å²) in [4.78, 5) is 42.6. The lowest BCUT2D eigenvalue weighted by Gasteiger charge is -2.21. The fourth-order valence-corrected chi connectivity index (χ4v) is 4.55. The van der Waals surface area contributed by atoms with Crippen LogP contribution in [0.25, 0.3) is 10.9 Å². The highest BCUT2D eigenvalue weighted by Crippen LogP contribution is 2.25. The van der Waals surface area contributed by atoms with Gasteiger partial charge >= 0.3 is 6.03 Å². The zero-order valence-corrected chi connectivity index (χ0v) is 20.1. The number of hydrogen-bond acceptors (Lipinski definition) is 5. The highest BCUT2D eigenvalue weighted by molar-refractivity contribution is 8.00. The number of nitrogens with one attached hydrogen (secondary N) is 2. The fourth-order valence-electron chi connectivity index (χ4n) is 3.62. The first-order valence-corrected chi connectivity index (χ1v) is 12.0. The summed E-state index contributed by atoms with van der Waals surface area (Å²) in [6.07, 6.45) is 7.64. The van der Waals surface area contributed by atoms with Crippen LogP contribution in [0.2, 0.25) is 0 Å². The molecule has 1 heterocycles. The van der Waals surface area contributed by atoms with E-state index in [1.807, 2.05) is 32.9 Å². The Kier molecular flexibility index (Phi) is 7.77. The standard InChI is InChI=1S/C24H32N4O3S/c1-16(20(29)26-22(31)27-24(2,3)4)32-23-25-19-13-9-8-12-18(19)21(30)28(23)15-14-17-10-6-5-7-11-17/h8-10,12-13,16H,5-7,11,14-15H2,1-4H3,(H2,26,27,29,31). The molecule has 0 radical (unpaired) electrons. The first-order valence-electron chi connectivity index (χ1n) is 11.1. The van der Waals surface area contributed by atoms with E-state index in [-0.39, 0.29) is 5.56 Å². The van der Waals surface area contributed by atoms with Crippen molar-refractivity contribution >= 4 is 34.6 Å². The van der Waals surface area contributed by atoms with Crippen LogP contribution in [0.3, 0.4) is 0 Å². The first kappa shape index (κ1) is 24.0. The van der Waals surface area contributed by atoms with E-state index in [1.54, 1.807) is 23.6 Å². The highest BCUT2D eigenvalue weighted by Gasteiger charge is 2.23. The number of rotatable bonds is 6. The summed E-state index contributed by atoms with van der Waals surface area (Å²) in [7, 11) is 0. The number of benzene rings is 1. The van der Waals surface area contributed by atoms with Gasteiger partial charge in [0.25, 0.3) is 5.56 Å². The Morgan fingerprint density at radius 1 is 1.22 bits per heavy atom. The minimum absolute atomic E-state index is 0.104. The second kappa shape index (κ2) is 10.3. The van der Waals surface area contributed by atoms with Crippen molar-refractivity contribution in [2.75, 3.05) is 0 Å². The zero-order valence-electron chi connectivity index (χ0n) is 19.2. The maximum Gasteiger partial charge on any atom is 0.321 e. The van der Waals surface area contributed by atoms with Crippen molar-refractivity contribution in [2.24, 2.45) is 0 Å². The van der Waals surface area contributed by atoms with E-state index in [2.05, 4.69) is 21.7 Å². The lowest BCUT2D eigenvalue weighted by molar-refractivity contribution is -0.119. The lowest BCUT2D eigenvalue weighted by atomic mass is 9.97. The minimum Gasteiger partial charge on any atom is -0.333 e. The molecule has 1 aromatic carbocycles. The Labute approximate surface area is 193 Å². The van der Waals surface area contributed by atoms with Gasteiger partial charge in [-0.2, -0.15) is 0 Å². The summed E-state index contributed by atoms with van der Waals surface area (Å²) < 4.78 is 1.67. The van der Waals surface area contributed by atoms with Gasteiger partial charge in [0.15, 0.2) is 5.16 Å². The van der Waals surface area contributed by atoms with Gasteiger partial charge in [0, 0.05) is 12.1 Å². The molecule has 1 aromatic heterocycles. The van der Waals surface area contributed by atoms with E-state index in [0.717, 1.165) is 19.3 Å². The number of nitrogens with zero attached hydrogens (tertiary/aromatic N) is 2. The number of thioether (sulfide) groups is 1. The van der Waals surface area contributed by atoms with Crippen molar-refractivity contribution in [1.29, 1.82) is 0 Å². The number of imide groups is 1. The molecule has 0 saturated heterocycles. The summed E-state index contributed by atoms with van der Waals surface area (Å²) in [5, 5.41) is 5.54. The van der Waals surface area contributed by atoms with E-state index in [4.69, 9.17) is 0 Å². The predicted molar refractivity (Wildman–Crippen MR) is 129 cm³/mol. The van der Waals surface area contributed by atoms with Crippen molar-refractivity contribution in [1.82, 2.24) is 20.2 Å². The van der Waals surface area contributed by atoms with E-state index in [9.17, 15) is 14.4 Å². The summed E-state index contributed by atoms with van der Waals surface area (Å²) >= 11 is 1.19. The van der Waals surface area contributed by atoms with E-state index >= 15 is 0 Å². The smallest absolute Gasteiger partial charge is 0.321 e. The molecule has 0 aliphatic heterocycles. The molecular formula is C24H32N4O3S. The SMILES string of the molecule is CC(Sc1nc2ccccc2c(=O)n1CCC1=CCCCC1)C(=O)NC(=O)NC(C)(C)C. The molecule has 0 saturated carbocycles. The van der Waals surface area contributed by atoms with Crippen LogP contribution in [0.4, 0.5) is 4.79 Å². The maximum atomic E-state index is 13.2. The van der Waals surface area contributed by atoms with Gasteiger partial charge in [-0.05, 0) is 71.9 Å². The molecule has 1 aliphatic carbocycles. The van der Waals surface area contributed by atoms with Crippen molar-refractivity contribution in [3.05, 3.63) is 46.3 Å². The van der Waals surface area contributed by atoms with Gasteiger partial charge in [-0.15, -0.1) is 0 Å². The van der Waals surface area contributed by atoms with Crippen LogP contribution in [0, 0.1) is 0 Å². The van der Waals surface area contributed by atoms with Crippen LogP contribution in [-0.2, 0) is 11.3 Å². The second-order valence-electron chi connectivity index (χ2n) is 9.18. The number of fused-ring (bicyclic) bond motifs is 1. The van der Waals surface area contributed by atoms with Crippen molar-refractivity contribution in [3.63, 3.8) is 0 Å². The molecule has 3 amide bonds. The average Bonchev–Trinajstić information content (AvgIpc) is 2.72. The Morgan fingerprint density at radius 3 is 2.66 bits per heavy atom. The van der Waals surface area contributed by atoms with Gasteiger partial charge in [-0.3, -0.25) is 19.5 Å². The predicted octanol–water partition coefficient (Wildman–Crippen LogP) is 4.39. The Balaban J connectivity index is 1.82. The number of amides is 3. The van der Waals surface area contributed by atoms with Gasteiger partial charge in [0.2, 0.25) is 5.91 Å². The number of allylic oxidation sites excluding steroid dienone is 2. The number of hydrogen-bond donors (Lipinski definition) is 2. The molecule has 0 spiro atoms. The quantitative estimate of drug-likeness (QED) is 0.382. The third-order valence-electron chi connectivity index (χ3n) is 5.24. The topological polar surface area (TPSA) is 93.1 Å². The molecule has 8 heteroatoms. The van der Waals surface area contributed by atoms with Crippen LogP contribution in [0.1, 0.15) is 59.8 Å². The van der Waals surface area contributed by atoms with Crippen molar-refractivity contribution in [3.8, 4) is 0 Å². The Morgan fingerprint density at radius 2 is 1.97 bits per heavy atom. The van der Waals surface area contributed by atoms with Crippen LogP contribution in [0.5, 0.6) is 0 Å². The van der Waals surface area contributed by atoms with Crippen LogP contribution in [-0.4, -0.2) is 32.3 Å². The molecule has 1 unspecified atom stereocenters. The Bertz CT molecular complexity index is 1080. The van der Waals surface area contributed by atoms with Gasteiger partial charge < -0.3 is 5.32 Å². The molecule has 2 aromatic rings. The van der Waals surface area contributed by atoms with Gasteiger partial charge in [0.1, 0.15) is 0 Å². The highest BCUT2D eigenvalue weighted by atomic mass is 32.2. The average molecular weight is 457 g/mol. The van der Waals surface area contributed by atoms with Crippen LogP contribution >= 0.6 is 11.8 Å². The normalized spacial score (nSPS) is 15.2. The monoisotopic (exact) mass is 456 g/mol. The van der Waals surface area contributed by atoms with Gasteiger partial charge in [0.05, 0.1) is 16.2 Å². The number of para-hydroxylation sites is 1. The maximum absolute atomic E-state index is 13.2. The van der Waals surface area contributed by atoms with E-state index in [0.29, 0.717) is 22.6 Å².